The Morgan fingerprint density at radius 1 is 1.06 bits per heavy atom. The first-order valence-corrected chi connectivity index (χ1v) is 12.1. The lowest BCUT2D eigenvalue weighted by atomic mass is 9.89. The molecule has 0 spiro atoms. The van der Waals surface area contributed by atoms with Crippen molar-refractivity contribution in [1.82, 2.24) is 4.73 Å². The molecule has 1 heterocycles. The first kappa shape index (κ1) is 26.5. The molecule has 1 aromatic carbocycles. The molecule has 2 aromatic rings. The Bertz CT molecular complexity index is 965. The molecule has 0 aliphatic heterocycles. The Balaban J connectivity index is 1.40. The van der Waals surface area contributed by atoms with Crippen LogP contribution in [0.15, 0.2) is 66.8 Å². The van der Waals surface area contributed by atoms with E-state index < -0.39 is 24.3 Å². The maximum Gasteiger partial charge on any atom is 0.333 e. The van der Waals surface area contributed by atoms with E-state index in [1.807, 2.05) is 48.6 Å². The largest absolute Gasteiger partial charge is 0.492 e. The van der Waals surface area contributed by atoms with Gasteiger partial charge in [-0.15, -0.1) is 4.73 Å². The van der Waals surface area contributed by atoms with Crippen LogP contribution in [0.25, 0.3) is 0 Å². The molecular weight excluding hydrogens is 450 g/mol. The van der Waals surface area contributed by atoms with Crippen LogP contribution in [-0.4, -0.2) is 54.5 Å². The van der Waals surface area contributed by atoms with Gasteiger partial charge in [-0.3, -0.25) is 0 Å². The van der Waals surface area contributed by atoms with Gasteiger partial charge >= 0.3 is 5.97 Å². The molecular formula is C27H35NO7. The van der Waals surface area contributed by atoms with E-state index in [-0.39, 0.29) is 30.0 Å². The van der Waals surface area contributed by atoms with Crippen molar-refractivity contribution >= 4 is 5.97 Å². The molecule has 190 valence electrons. The fourth-order valence-corrected chi connectivity index (χ4v) is 4.40. The zero-order valence-electron chi connectivity index (χ0n) is 19.7. The second-order valence-corrected chi connectivity index (χ2v) is 8.99. The van der Waals surface area contributed by atoms with Gasteiger partial charge in [0.2, 0.25) is 11.8 Å². The van der Waals surface area contributed by atoms with E-state index in [0.29, 0.717) is 36.8 Å². The summed E-state index contributed by atoms with van der Waals surface area (Å²) in [4.78, 5) is 16.8. The monoisotopic (exact) mass is 485 g/mol. The summed E-state index contributed by atoms with van der Waals surface area (Å²) in [6.07, 6.45) is 8.98. The summed E-state index contributed by atoms with van der Waals surface area (Å²) in [6.45, 7) is 0. The lowest BCUT2D eigenvalue weighted by Crippen LogP contribution is -2.20. The molecule has 1 aliphatic rings. The normalized spacial score (nSPS) is 23.3. The second-order valence-electron chi connectivity index (χ2n) is 8.99. The Morgan fingerprint density at radius 2 is 1.77 bits per heavy atom. The Kier molecular flexibility index (Phi) is 9.96. The van der Waals surface area contributed by atoms with Crippen LogP contribution in [0.2, 0.25) is 0 Å². The fourth-order valence-electron chi connectivity index (χ4n) is 4.40. The van der Waals surface area contributed by atoms with Crippen LogP contribution in [0.5, 0.6) is 11.8 Å². The van der Waals surface area contributed by atoms with Crippen molar-refractivity contribution in [3.63, 3.8) is 0 Å². The first-order chi connectivity index (χ1) is 16.8. The van der Waals surface area contributed by atoms with Crippen LogP contribution in [0.4, 0.5) is 0 Å². The van der Waals surface area contributed by atoms with E-state index in [0.717, 1.165) is 12.0 Å². The van der Waals surface area contributed by atoms with E-state index in [4.69, 9.17) is 4.84 Å². The Morgan fingerprint density at radius 3 is 2.49 bits per heavy atom. The summed E-state index contributed by atoms with van der Waals surface area (Å²) >= 11 is 0. The number of aromatic nitrogens is 1. The van der Waals surface area contributed by atoms with Gasteiger partial charge < -0.3 is 30.4 Å². The summed E-state index contributed by atoms with van der Waals surface area (Å²) in [7, 11) is 0. The lowest BCUT2D eigenvalue weighted by Gasteiger charge is -2.19. The maximum absolute atomic E-state index is 11.9. The molecule has 8 nitrogen and oxygen atoms in total. The molecule has 8 heteroatoms. The summed E-state index contributed by atoms with van der Waals surface area (Å²) in [5.74, 6) is -1.69. The number of aryl methyl sites for hydroxylation is 1. The van der Waals surface area contributed by atoms with Crippen LogP contribution in [0, 0.1) is 11.8 Å². The predicted molar refractivity (Wildman–Crippen MR) is 130 cm³/mol. The number of hydrogen-bond acceptors (Lipinski definition) is 7. The Hall–Kier alpha value is -3.07. The van der Waals surface area contributed by atoms with Crippen molar-refractivity contribution in [3.05, 3.63) is 72.3 Å². The van der Waals surface area contributed by atoms with Crippen molar-refractivity contribution in [2.45, 2.75) is 63.3 Å². The van der Waals surface area contributed by atoms with E-state index in [9.17, 15) is 30.3 Å². The molecule has 0 saturated heterocycles. The minimum Gasteiger partial charge on any atom is -0.492 e. The smallest absolute Gasteiger partial charge is 0.333 e. The Labute approximate surface area is 205 Å². The quantitative estimate of drug-likeness (QED) is 0.231. The molecule has 0 bridgehead atoms. The molecule has 5 N–H and O–H groups in total. The molecule has 1 fully saturated rings. The summed E-state index contributed by atoms with van der Waals surface area (Å²) in [5.41, 5.74) is 1.16. The van der Waals surface area contributed by atoms with Gasteiger partial charge in [0.25, 0.3) is 0 Å². The predicted octanol–water partition coefficient (Wildman–Crippen LogP) is 2.88. The summed E-state index contributed by atoms with van der Waals surface area (Å²) in [6, 6.07) is 12.4. The highest BCUT2D eigenvalue weighted by atomic mass is 16.7. The average molecular weight is 486 g/mol. The number of hydrogen-bond donors (Lipinski definition) is 5. The molecule has 1 aliphatic carbocycles. The molecule has 3 rings (SSSR count). The van der Waals surface area contributed by atoms with Crippen LogP contribution >= 0.6 is 0 Å². The minimum absolute atomic E-state index is 0.110. The topological polar surface area (TPSA) is 132 Å². The highest BCUT2D eigenvalue weighted by Crippen LogP contribution is 2.36. The third kappa shape index (κ3) is 7.99. The van der Waals surface area contributed by atoms with Gasteiger partial charge in [0, 0.05) is 30.9 Å². The average Bonchev–Trinajstić information content (AvgIpc) is 3.30. The van der Waals surface area contributed by atoms with Gasteiger partial charge in [-0.1, -0.05) is 54.6 Å². The van der Waals surface area contributed by atoms with E-state index in [2.05, 4.69) is 0 Å². The molecule has 0 unspecified atom stereocenters. The molecule has 0 radical (unpaired) electrons. The number of aliphatic hydroxyl groups is 3. The number of allylic oxidation sites excluding steroid dienone is 2. The fraction of sp³-hybridized carbons (Fsp3) is 0.444. The minimum atomic E-state index is -0.655. The SMILES string of the molecule is O=C(CCCC=CC[C@@H]1[C@@H](C=C[C@@H](O)CCc2ccccc2)[C@H](O)C[C@@H]1O)On1c(O)ccc1O. The van der Waals surface area contributed by atoms with Gasteiger partial charge in [0.15, 0.2) is 0 Å². The van der Waals surface area contributed by atoms with Gasteiger partial charge in [0.1, 0.15) is 0 Å². The number of aromatic hydroxyl groups is 2. The van der Waals surface area contributed by atoms with Crippen molar-refractivity contribution in [2.75, 3.05) is 0 Å². The molecule has 5 atom stereocenters. The van der Waals surface area contributed by atoms with Crippen LogP contribution in [0.3, 0.4) is 0 Å². The number of nitrogens with zero attached hydrogens (tertiary/aromatic N) is 1. The standard InChI is InChI=1S/C27H35NO7/c29-20(13-12-19-8-4-3-5-9-19)14-15-22-21(23(30)18-24(22)31)10-6-1-2-7-11-27(34)35-28-25(32)16-17-26(28)33/h1,3-6,8-9,14-17,20-24,29-33H,2,7,10-13,18H2/t20-,21+,22+,23-,24+/m0/s1. The van der Waals surface area contributed by atoms with Gasteiger partial charge in [-0.05, 0) is 43.6 Å². The van der Waals surface area contributed by atoms with Gasteiger partial charge in [0.05, 0.1) is 18.3 Å². The number of unbranched alkanes of at least 4 members (excludes halogenated alkanes) is 1. The van der Waals surface area contributed by atoms with Crippen molar-refractivity contribution < 1.29 is 35.2 Å². The maximum atomic E-state index is 11.9. The lowest BCUT2D eigenvalue weighted by molar-refractivity contribution is -0.145. The van der Waals surface area contributed by atoms with Gasteiger partial charge in [-0.25, -0.2) is 4.79 Å². The van der Waals surface area contributed by atoms with Crippen LogP contribution in [-0.2, 0) is 11.2 Å². The zero-order valence-corrected chi connectivity index (χ0v) is 19.7. The van der Waals surface area contributed by atoms with E-state index in [1.54, 1.807) is 6.08 Å². The van der Waals surface area contributed by atoms with Crippen molar-refractivity contribution in [1.29, 1.82) is 0 Å². The molecule has 0 amide bonds. The van der Waals surface area contributed by atoms with Crippen molar-refractivity contribution in [2.24, 2.45) is 11.8 Å². The number of aliphatic hydroxyl groups excluding tert-OH is 3. The van der Waals surface area contributed by atoms with Gasteiger partial charge in [-0.2, -0.15) is 0 Å². The molecule has 1 aromatic heterocycles. The van der Waals surface area contributed by atoms with Crippen LogP contribution in [0.1, 0.15) is 44.1 Å². The number of rotatable bonds is 12. The summed E-state index contributed by atoms with van der Waals surface area (Å²) in [5, 5.41) is 50.1. The van der Waals surface area contributed by atoms with E-state index >= 15 is 0 Å². The summed E-state index contributed by atoms with van der Waals surface area (Å²) < 4.78 is 0.664. The highest BCUT2D eigenvalue weighted by Gasteiger charge is 2.39. The number of carbonyl (C=O) groups is 1. The zero-order chi connectivity index (χ0) is 25.2. The van der Waals surface area contributed by atoms with E-state index in [1.165, 1.54) is 12.1 Å². The molecule has 1 saturated carbocycles. The number of benzene rings is 1. The van der Waals surface area contributed by atoms with Crippen molar-refractivity contribution in [3.8, 4) is 11.8 Å². The first-order valence-electron chi connectivity index (χ1n) is 12.1. The van der Waals surface area contributed by atoms with Crippen LogP contribution < -0.4 is 4.84 Å². The third-order valence-corrected chi connectivity index (χ3v) is 6.36. The highest BCUT2D eigenvalue weighted by molar-refractivity contribution is 5.69. The number of carbonyl (C=O) groups excluding carboxylic acids is 1. The molecule has 35 heavy (non-hydrogen) atoms. The second kappa shape index (κ2) is 13.1. The third-order valence-electron chi connectivity index (χ3n) is 6.36.